The molecule has 0 fully saturated rings. The summed E-state index contributed by atoms with van der Waals surface area (Å²) >= 11 is 0. The zero-order valence-electron chi connectivity index (χ0n) is 19.3. The van der Waals surface area contributed by atoms with E-state index in [2.05, 4.69) is 5.32 Å². The fourth-order valence-electron chi connectivity index (χ4n) is 2.82. The van der Waals surface area contributed by atoms with Crippen molar-refractivity contribution in [3.8, 4) is 0 Å². The van der Waals surface area contributed by atoms with Gasteiger partial charge in [-0.25, -0.2) is 0 Å². The van der Waals surface area contributed by atoms with Gasteiger partial charge < -0.3 is 41.3 Å². The summed E-state index contributed by atoms with van der Waals surface area (Å²) in [4.78, 5) is 0. The number of ether oxygens (including phenoxy) is 2. The Morgan fingerprint density at radius 3 is 1.14 bits per heavy atom. The van der Waals surface area contributed by atoms with Crippen LogP contribution in [0.2, 0.25) is 12.1 Å². The highest BCUT2D eigenvalue weighted by molar-refractivity contribution is 6.60. The molecule has 176 valence electrons. The molecule has 0 bridgehead atoms. The van der Waals surface area contributed by atoms with Crippen molar-refractivity contribution in [1.29, 1.82) is 0 Å². The zero-order chi connectivity index (χ0) is 21.8. The van der Waals surface area contributed by atoms with Crippen LogP contribution in [0.5, 0.6) is 0 Å². The number of rotatable bonds is 22. The van der Waals surface area contributed by atoms with Crippen molar-refractivity contribution in [1.82, 2.24) is 5.32 Å². The molecule has 0 spiro atoms. The molecule has 0 saturated carbocycles. The van der Waals surface area contributed by atoms with E-state index in [-0.39, 0.29) is 0 Å². The monoisotopic (exact) mass is 457 g/mol. The van der Waals surface area contributed by atoms with Gasteiger partial charge in [0.05, 0.1) is 13.2 Å². The first-order valence-corrected chi connectivity index (χ1v) is 14.1. The Hall–Kier alpha value is 0.0738. The first kappa shape index (κ1) is 29.1. The minimum Gasteiger partial charge on any atom is -0.380 e. The quantitative estimate of drug-likeness (QED) is 0.193. The van der Waals surface area contributed by atoms with E-state index in [4.69, 9.17) is 36.0 Å². The lowest BCUT2D eigenvalue weighted by molar-refractivity contribution is 0.110. The van der Waals surface area contributed by atoms with Crippen molar-refractivity contribution in [2.45, 2.75) is 37.8 Å². The summed E-state index contributed by atoms with van der Waals surface area (Å²) in [6, 6.07) is 1.61. The van der Waals surface area contributed by atoms with Crippen LogP contribution in [0.3, 0.4) is 0 Å². The minimum absolute atomic E-state index is 0.694. The van der Waals surface area contributed by atoms with E-state index in [9.17, 15) is 0 Å². The summed E-state index contributed by atoms with van der Waals surface area (Å²) in [6.45, 7) is 4.49. The Labute approximate surface area is 179 Å². The second kappa shape index (κ2) is 18.8. The van der Waals surface area contributed by atoms with Gasteiger partial charge in [0.1, 0.15) is 0 Å². The summed E-state index contributed by atoms with van der Waals surface area (Å²) in [7, 11) is 4.97. The highest BCUT2D eigenvalue weighted by atomic mass is 28.4. The molecule has 0 heterocycles. The molecule has 0 aliphatic heterocycles. The summed E-state index contributed by atoms with van der Waals surface area (Å²) in [5, 5.41) is 3.31. The van der Waals surface area contributed by atoms with Gasteiger partial charge in [0, 0.05) is 81.1 Å². The lowest BCUT2D eigenvalue weighted by atomic mass is 10.3. The molecule has 0 aromatic heterocycles. The van der Waals surface area contributed by atoms with E-state index in [0.717, 1.165) is 64.1 Å². The van der Waals surface area contributed by atoms with Crippen molar-refractivity contribution < 1.29 is 36.0 Å². The van der Waals surface area contributed by atoms with E-state index >= 15 is 0 Å². The number of hydrogen-bond acceptors (Lipinski definition) is 9. The predicted molar refractivity (Wildman–Crippen MR) is 116 cm³/mol. The maximum absolute atomic E-state index is 5.63. The van der Waals surface area contributed by atoms with Gasteiger partial charge in [0.15, 0.2) is 0 Å². The van der Waals surface area contributed by atoms with Crippen LogP contribution >= 0.6 is 0 Å². The van der Waals surface area contributed by atoms with E-state index in [0.29, 0.717) is 13.2 Å². The molecule has 0 aromatic rings. The van der Waals surface area contributed by atoms with Crippen molar-refractivity contribution >= 4 is 17.6 Å². The third-order valence-electron chi connectivity index (χ3n) is 4.76. The standard InChI is InChI=1S/C18H43NO8Si2/c1-20-28(21-2,22-3)17-9-7-13-26-15-11-19-12-16-27-14-8-10-18-29(23-4,24-5)25-6/h19H,7-18H2,1-6H3. The van der Waals surface area contributed by atoms with E-state index in [1.165, 1.54) is 0 Å². The number of hydrogen-bond donors (Lipinski definition) is 1. The van der Waals surface area contributed by atoms with E-state index in [1.54, 1.807) is 42.7 Å². The molecule has 0 amide bonds. The van der Waals surface area contributed by atoms with Crippen molar-refractivity contribution in [2.24, 2.45) is 0 Å². The molecule has 0 aliphatic rings. The molecule has 9 nitrogen and oxygen atoms in total. The highest BCUT2D eigenvalue weighted by Gasteiger charge is 2.37. The van der Waals surface area contributed by atoms with Gasteiger partial charge in [0.2, 0.25) is 0 Å². The van der Waals surface area contributed by atoms with Gasteiger partial charge in [-0.3, -0.25) is 0 Å². The highest BCUT2D eigenvalue weighted by Crippen LogP contribution is 2.17. The van der Waals surface area contributed by atoms with Gasteiger partial charge in [-0.2, -0.15) is 0 Å². The average Bonchev–Trinajstić information content (AvgIpc) is 2.77. The maximum atomic E-state index is 5.63. The third-order valence-corrected chi connectivity index (χ3v) is 10.4. The third kappa shape index (κ3) is 13.2. The summed E-state index contributed by atoms with van der Waals surface area (Å²) in [6.07, 6.45) is 3.86. The molecule has 0 atom stereocenters. The SMILES string of the molecule is CO[Si](CCCCOCCNCCOCCCC[Si](OC)(OC)OC)(OC)OC. The molecule has 0 aliphatic carbocycles. The topological polar surface area (TPSA) is 85.9 Å². The second-order valence-corrected chi connectivity index (χ2v) is 12.7. The van der Waals surface area contributed by atoms with Crippen LogP contribution in [-0.2, 0) is 36.0 Å². The molecular weight excluding hydrogens is 414 g/mol. The van der Waals surface area contributed by atoms with E-state index < -0.39 is 17.6 Å². The molecule has 1 N–H and O–H groups in total. The molecule has 0 rings (SSSR count). The fraction of sp³-hybridized carbons (Fsp3) is 1.00. The lowest BCUT2D eigenvalue weighted by Crippen LogP contribution is -2.42. The summed E-state index contributed by atoms with van der Waals surface area (Å²) in [5.74, 6) is 0. The normalized spacial score (nSPS) is 12.6. The van der Waals surface area contributed by atoms with Crippen LogP contribution in [0.1, 0.15) is 25.7 Å². The van der Waals surface area contributed by atoms with Crippen molar-refractivity contribution in [3.63, 3.8) is 0 Å². The van der Waals surface area contributed by atoms with Gasteiger partial charge in [-0.05, 0) is 25.7 Å². The maximum Gasteiger partial charge on any atom is 0.500 e. The van der Waals surface area contributed by atoms with Crippen LogP contribution in [0, 0.1) is 0 Å². The molecular formula is C18H43NO8Si2. The van der Waals surface area contributed by atoms with Crippen molar-refractivity contribution in [3.05, 3.63) is 0 Å². The molecule has 0 aromatic carbocycles. The molecule has 0 unspecified atom stereocenters. The molecule has 0 radical (unpaired) electrons. The van der Waals surface area contributed by atoms with Gasteiger partial charge in [-0.15, -0.1) is 0 Å². The Kier molecular flexibility index (Phi) is 18.9. The zero-order valence-corrected chi connectivity index (χ0v) is 21.3. The first-order chi connectivity index (χ1) is 14.1. The summed E-state index contributed by atoms with van der Waals surface area (Å²) in [5.41, 5.74) is 0. The predicted octanol–water partition coefficient (Wildman–Crippen LogP) is 1.93. The van der Waals surface area contributed by atoms with Crippen LogP contribution in [0.4, 0.5) is 0 Å². The van der Waals surface area contributed by atoms with Crippen molar-refractivity contribution in [2.75, 3.05) is 82.2 Å². The fourth-order valence-corrected chi connectivity index (χ4v) is 6.41. The summed E-state index contributed by atoms with van der Waals surface area (Å²) < 4.78 is 43.6. The van der Waals surface area contributed by atoms with Crippen LogP contribution in [0.15, 0.2) is 0 Å². The van der Waals surface area contributed by atoms with Gasteiger partial charge >= 0.3 is 17.6 Å². The molecule has 0 saturated heterocycles. The largest absolute Gasteiger partial charge is 0.500 e. The Morgan fingerprint density at radius 2 is 0.828 bits per heavy atom. The number of unbranched alkanes of at least 4 members (excludes halogenated alkanes) is 2. The van der Waals surface area contributed by atoms with Crippen LogP contribution in [-0.4, -0.2) is 99.8 Å². The molecule has 11 heteroatoms. The smallest absolute Gasteiger partial charge is 0.380 e. The van der Waals surface area contributed by atoms with E-state index in [1.807, 2.05) is 0 Å². The minimum atomic E-state index is -2.43. The Morgan fingerprint density at radius 1 is 0.483 bits per heavy atom. The average molecular weight is 458 g/mol. The Bertz CT molecular complexity index is 312. The Balaban J connectivity index is 3.40. The molecule has 29 heavy (non-hydrogen) atoms. The number of nitrogens with one attached hydrogen (secondary N) is 1. The van der Waals surface area contributed by atoms with Gasteiger partial charge in [-0.1, -0.05) is 0 Å². The lowest BCUT2D eigenvalue weighted by Gasteiger charge is -2.24. The van der Waals surface area contributed by atoms with Crippen LogP contribution < -0.4 is 5.32 Å². The van der Waals surface area contributed by atoms with Gasteiger partial charge in [0.25, 0.3) is 0 Å². The second-order valence-electron chi connectivity index (χ2n) is 6.48. The first-order valence-electron chi connectivity index (χ1n) is 10.2. The van der Waals surface area contributed by atoms with Crippen LogP contribution in [0.25, 0.3) is 0 Å².